The number of benzene rings is 1. The molecular formula is C14H22N2. The van der Waals surface area contributed by atoms with Crippen LogP contribution in [0.4, 0.5) is 0 Å². The van der Waals surface area contributed by atoms with Gasteiger partial charge in [0.25, 0.3) is 0 Å². The molecule has 0 aliphatic carbocycles. The summed E-state index contributed by atoms with van der Waals surface area (Å²) in [5, 5.41) is 3.58. The van der Waals surface area contributed by atoms with Crippen LogP contribution in [0, 0.1) is 0 Å². The van der Waals surface area contributed by atoms with Gasteiger partial charge in [-0.2, -0.15) is 0 Å². The number of nitrogens with one attached hydrogen (secondary N) is 1. The Kier molecular flexibility index (Phi) is 4.37. The highest BCUT2D eigenvalue weighted by molar-refractivity contribution is 5.17. The van der Waals surface area contributed by atoms with Crippen molar-refractivity contribution in [1.82, 2.24) is 10.2 Å². The third-order valence-corrected chi connectivity index (χ3v) is 3.38. The minimum Gasteiger partial charge on any atom is -0.309 e. The Hall–Kier alpha value is -0.860. The van der Waals surface area contributed by atoms with E-state index in [1.807, 2.05) is 0 Å². The normalized spacial score (nSPS) is 18.8. The Morgan fingerprint density at radius 3 is 2.56 bits per heavy atom. The van der Waals surface area contributed by atoms with Crippen LogP contribution in [0.15, 0.2) is 30.3 Å². The average Bonchev–Trinajstić information content (AvgIpc) is 2.83. The van der Waals surface area contributed by atoms with Gasteiger partial charge < -0.3 is 10.2 Å². The second-order valence-electron chi connectivity index (χ2n) is 4.64. The van der Waals surface area contributed by atoms with E-state index in [0.717, 1.165) is 6.54 Å². The van der Waals surface area contributed by atoms with Gasteiger partial charge in [0.15, 0.2) is 0 Å². The van der Waals surface area contributed by atoms with E-state index in [0.29, 0.717) is 6.04 Å². The summed E-state index contributed by atoms with van der Waals surface area (Å²) in [7, 11) is 0. The molecule has 0 aromatic heterocycles. The summed E-state index contributed by atoms with van der Waals surface area (Å²) in [5.41, 5.74) is 1.38. The van der Waals surface area contributed by atoms with Gasteiger partial charge in [-0.25, -0.2) is 0 Å². The predicted molar refractivity (Wildman–Crippen MR) is 68.5 cm³/mol. The zero-order chi connectivity index (χ0) is 11.2. The SMILES string of the molecule is C[C@@H](NCCN1CCCC1)c1ccccc1. The molecule has 1 atom stereocenters. The summed E-state index contributed by atoms with van der Waals surface area (Å²) in [6.07, 6.45) is 2.77. The monoisotopic (exact) mass is 218 g/mol. The third kappa shape index (κ3) is 3.32. The number of hydrogen-bond acceptors (Lipinski definition) is 2. The van der Waals surface area contributed by atoms with E-state index >= 15 is 0 Å². The fourth-order valence-electron chi connectivity index (χ4n) is 2.30. The van der Waals surface area contributed by atoms with Gasteiger partial charge in [0.2, 0.25) is 0 Å². The van der Waals surface area contributed by atoms with Crippen molar-refractivity contribution in [3.05, 3.63) is 35.9 Å². The summed E-state index contributed by atoms with van der Waals surface area (Å²) in [6, 6.07) is 11.1. The lowest BCUT2D eigenvalue weighted by Gasteiger charge is -2.18. The lowest BCUT2D eigenvalue weighted by atomic mass is 10.1. The molecule has 0 radical (unpaired) electrons. The van der Waals surface area contributed by atoms with Gasteiger partial charge >= 0.3 is 0 Å². The van der Waals surface area contributed by atoms with Crippen molar-refractivity contribution >= 4 is 0 Å². The second-order valence-corrected chi connectivity index (χ2v) is 4.64. The quantitative estimate of drug-likeness (QED) is 0.816. The molecule has 0 spiro atoms. The topological polar surface area (TPSA) is 15.3 Å². The Morgan fingerprint density at radius 2 is 1.88 bits per heavy atom. The average molecular weight is 218 g/mol. The van der Waals surface area contributed by atoms with E-state index in [9.17, 15) is 0 Å². The van der Waals surface area contributed by atoms with Crippen LogP contribution in [0.3, 0.4) is 0 Å². The number of nitrogens with zero attached hydrogens (tertiary/aromatic N) is 1. The van der Waals surface area contributed by atoms with Crippen LogP contribution in [0.25, 0.3) is 0 Å². The number of rotatable bonds is 5. The second kappa shape index (κ2) is 6.02. The van der Waals surface area contributed by atoms with Gasteiger partial charge in [-0.1, -0.05) is 30.3 Å². The molecule has 1 N–H and O–H groups in total. The minimum atomic E-state index is 0.462. The lowest BCUT2D eigenvalue weighted by Crippen LogP contribution is -2.31. The van der Waals surface area contributed by atoms with Crippen molar-refractivity contribution in [2.24, 2.45) is 0 Å². The van der Waals surface area contributed by atoms with E-state index in [-0.39, 0.29) is 0 Å². The summed E-state index contributed by atoms with van der Waals surface area (Å²) in [4.78, 5) is 2.55. The number of likely N-dealkylation sites (tertiary alicyclic amines) is 1. The Bertz CT molecular complexity index is 291. The third-order valence-electron chi connectivity index (χ3n) is 3.38. The molecule has 1 aromatic carbocycles. The Balaban J connectivity index is 1.69. The van der Waals surface area contributed by atoms with Crippen LogP contribution in [0.2, 0.25) is 0 Å². The molecule has 0 bridgehead atoms. The van der Waals surface area contributed by atoms with Crippen LogP contribution in [-0.2, 0) is 0 Å². The van der Waals surface area contributed by atoms with Crippen molar-refractivity contribution in [3.8, 4) is 0 Å². The maximum absolute atomic E-state index is 3.58. The predicted octanol–water partition coefficient (Wildman–Crippen LogP) is 2.43. The molecule has 2 rings (SSSR count). The molecule has 88 valence electrons. The summed E-state index contributed by atoms with van der Waals surface area (Å²) in [6.45, 7) is 7.11. The first-order valence-corrected chi connectivity index (χ1v) is 6.37. The summed E-state index contributed by atoms with van der Waals surface area (Å²) in [5.74, 6) is 0. The van der Waals surface area contributed by atoms with E-state index in [4.69, 9.17) is 0 Å². The first-order chi connectivity index (χ1) is 7.86. The molecule has 0 saturated carbocycles. The summed E-state index contributed by atoms with van der Waals surface area (Å²) < 4.78 is 0. The molecule has 1 aliphatic heterocycles. The van der Waals surface area contributed by atoms with Crippen molar-refractivity contribution in [1.29, 1.82) is 0 Å². The van der Waals surface area contributed by atoms with Gasteiger partial charge in [0.1, 0.15) is 0 Å². The van der Waals surface area contributed by atoms with Crippen LogP contribution < -0.4 is 5.32 Å². The van der Waals surface area contributed by atoms with Crippen molar-refractivity contribution in [2.75, 3.05) is 26.2 Å². The first-order valence-electron chi connectivity index (χ1n) is 6.37. The molecular weight excluding hydrogens is 196 g/mol. The molecule has 16 heavy (non-hydrogen) atoms. The first kappa shape index (κ1) is 11.6. The highest BCUT2D eigenvalue weighted by Gasteiger charge is 2.11. The smallest absolute Gasteiger partial charge is 0.0292 e. The molecule has 2 heteroatoms. The van der Waals surface area contributed by atoms with E-state index in [1.165, 1.54) is 38.0 Å². The molecule has 1 aliphatic rings. The maximum atomic E-state index is 3.58. The van der Waals surface area contributed by atoms with Gasteiger partial charge in [0.05, 0.1) is 0 Å². The Morgan fingerprint density at radius 1 is 1.19 bits per heavy atom. The minimum absolute atomic E-state index is 0.462. The van der Waals surface area contributed by atoms with Crippen LogP contribution in [0.5, 0.6) is 0 Å². The van der Waals surface area contributed by atoms with Crippen molar-refractivity contribution in [3.63, 3.8) is 0 Å². The molecule has 1 aromatic rings. The zero-order valence-electron chi connectivity index (χ0n) is 10.2. The molecule has 1 fully saturated rings. The molecule has 2 nitrogen and oxygen atoms in total. The molecule has 0 amide bonds. The largest absolute Gasteiger partial charge is 0.309 e. The van der Waals surface area contributed by atoms with Gasteiger partial charge in [-0.15, -0.1) is 0 Å². The van der Waals surface area contributed by atoms with Gasteiger partial charge in [-0.3, -0.25) is 0 Å². The molecule has 1 heterocycles. The highest BCUT2D eigenvalue weighted by atomic mass is 15.1. The standard InChI is InChI=1S/C14H22N2/c1-13(14-7-3-2-4-8-14)15-9-12-16-10-5-6-11-16/h2-4,7-8,13,15H,5-6,9-12H2,1H3/t13-/m1/s1. The van der Waals surface area contributed by atoms with Crippen LogP contribution in [-0.4, -0.2) is 31.1 Å². The molecule has 1 saturated heterocycles. The van der Waals surface area contributed by atoms with Gasteiger partial charge in [0, 0.05) is 19.1 Å². The Labute approximate surface area is 98.7 Å². The van der Waals surface area contributed by atoms with E-state index < -0.39 is 0 Å². The summed E-state index contributed by atoms with van der Waals surface area (Å²) >= 11 is 0. The van der Waals surface area contributed by atoms with E-state index in [2.05, 4.69) is 47.5 Å². The number of hydrogen-bond donors (Lipinski definition) is 1. The van der Waals surface area contributed by atoms with Crippen LogP contribution >= 0.6 is 0 Å². The van der Waals surface area contributed by atoms with Crippen LogP contribution in [0.1, 0.15) is 31.4 Å². The van der Waals surface area contributed by atoms with Gasteiger partial charge in [-0.05, 0) is 38.4 Å². The fourth-order valence-corrected chi connectivity index (χ4v) is 2.30. The lowest BCUT2D eigenvalue weighted by molar-refractivity contribution is 0.330. The van der Waals surface area contributed by atoms with Crippen molar-refractivity contribution < 1.29 is 0 Å². The van der Waals surface area contributed by atoms with E-state index in [1.54, 1.807) is 0 Å². The maximum Gasteiger partial charge on any atom is 0.0292 e. The highest BCUT2D eigenvalue weighted by Crippen LogP contribution is 2.11. The molecule has 0 unspecified atom stereocenters. The van der Waals surface area contributed by atoms with Crippen molar-refractivity contribution in [2.45, 2.75) is 25.8 Å². The zero-order valence-corrected chi connectivity index (χ0v) is 10.2. The fraction of sp³-hybridized carbons (Fsp3) is 0.571.